The molecule has 2 atom stereocenters. The minimum atomic E-state index is -0.820. The average Bonchev–Trinajstić information content (AvgIpc) is 2.25. The summed E-state index contributed by atoms with van der Waals surface area (Å²) in [5.41, 5.74) is -0.553. The summed E-state index contributed by atoms with van der Waals surface area (Å²) in [4.78, 5) is 21.9. The van der Waals surface area contributed by atoms with Gasteiger partial charge in [-0.25, -0.2) is 4.79 Å². The molecule has 1 saturated heterocycles. The molecule has 2 heterocycles. The molecule has 2 aliphatic heterocycles. The van der Waals surface area contributed by atoms with Crippen LogP contribution >= 0.6 is 11.6 Å². The van der Waals surface area contributed by atoms with Crippen LogP contribution in [0.5, 0.6) is 5.75 Å². The van der Waals surface area contributed by atoms with Gasteiger partial charge in [0.1, 0.15) is 10.8 Å². The van der Waals surface area contributed by atoms with E-state index in [4.69, 9.17) is 16.3 Å². The normalized spacial score (nSPS) is 27.7. The van der Waals surface area contributed by atoms with Gasteiger partial charge in [0, 0.05) is 18.1 Å². The molecule has 0 saturated carbocycles. The van der Waals surface area contributed by atoms with Crippen LogP contribution in [-0.4, -0.2) is 16.7 Å². The number of carbonyl (C=O) groups excluding carboxylic acids is 1. The second kappa shape index (κ2) is 3.74. The third kappa shape index (κ3) is 1.77. The molecular formula is C11H10ClN3O4. The van der Waals surface area contributed by atoms with Crippen LogP contribution in [0.15, 0.2) is 12.1 Å². The molecule has 3 rings (SSSR count). The van der Waals surface area contributed by atoms with Crippen molar-refractivity contribution in [3.8, 4) is 5.75 Å². The highest BCUT2D eigenvalue weighted by Gasteiger charge is 2.45. The third-order valence-electron chi connectivity index (χ3n) is 3.28. The van der Waals surface area contributed by atoms with E-state index >= 15 is 0 Å². The Bertz CT molecular complexity index is 606. The number of halogens is 1. The van der Waals surface area contributed by atoms with Crippen LogP contribution in [0, 0.1) is 10.1 Å². The van der Waals surface area contributed by atoms with Crippen molar-refractivity contribution in [2.24, 2.45) is 0 Å². The van der Waals surface area contributed by atoms with Gasteiger partial charge in [0.05, 0.1) is 11.0 Å². The second-order valence-corrected chi connectivity index (χ2v) is 5.13. The monoisotopic (exact) mass is 283 g/mol. The Hall–Kier alpha value is -2.02. The van der Waals surface area contributed by atoms with Gasteiger partial charge in [-0.1, -0.05) is 11.6 Å². The molecule has 2 bridgehead atoms. The lowest BCUT2D eigenvalue weighted by Gasteiger charge is -2.44. The first-order valence-electron chi connectivity index (χ1n) is 5.64. The fraction of sp³-hybridized carbons (Fsp3) is 0.364. The minimum absolute atomic E-state index is 0.0109. The Morgan fingerprint density at radius 1 is 1.58 bits per heavy atom. The maximum Gasteiger partial charge on any atom is 0.318 e. The highest BCUT2D eigenvalue weighted by atomic mass is 35.5. The van der Waals surface area contributed by atoms with E-state index in [2.05, 4.69) is 10.6 Å². The van der Waals surface area contributed by atoms with Crippen LogP contribution in [0.1, 0.15) is 24.9 Å². The van der Waals surface area contributed by atoms with Crippen LogP contribution in [0.3, 0.4) is 0 Å². The van der Waals surface area contributed by atoms with Gasteiger partial charge in [-0.2, -0.15) is 0 Å². The van der Waals surface area contributed by atoms with Gasteiger partial charge < -0.3 is 15.4 Å². The van der Waals surface area contributed by atoms with Crippen molar-refractivity contribution >= 4 is 23.3 Å². The molecule has 2 amide bonds. The molecule has 1 aromatic rings. The van der Waals surface area contributed by atoms with Crippen LogP contribution in [0.2, 0.25) is 5.02 Å². The SMILES string of the molecule is CC12CC(NC(=O)N1)c1c(ccc([N+](=O)[O-])c1Cl)O2. The fourth-order valence-electron chi connectivity index (χ4n) is 2.53. The summed E-state index contributed by atoms with van der Waals surface area (Å²) >= 11 is 6.07. The number of nitro benzene ring substituents is 1. The lowest BCUT2D eigenvalue weighted by atomic mass is 9.91. The number of ether oxygens (including phenoxy) is 1. The summed E-state index contributed by atoms with van der Waals surface area (Å²) in [6.45, 7) is 1.75. The Kier molecular flexibility index (Phi) is 2.37. The molecule has 19 heavy (non-hydrogen) atoms. The van der Waals surface area contributed by atoms with Crippen molar-refractivity contribution in [1.29, 1.82) is 0 Å². The minimum Gasteiger partial charge on any atom is -0.468 e. The number of urea groups is 1. The number of carbonyl (C=O) groups is 1. The van der Waals surface area contributed by atoms with Crippen molar-refractivity contribution in [3.63, 3.8) is 0 Å². The first-order chi connectivity index (χ1) is 8.89. The van der Waals surface area contributed by atoms with Crippen molar-refractivity contribution in [2.75, 3.05) is 0 Å². The summed E-state index contributed by atoms with van der Waals surface area (Å²) in [6.07, 6.45) is 0.451. The van der Waals surface area contributed by atoms with E-state index in [-0.39, 0.29) is 16.7 Å². The van der Waals surface area contributed by atoms with Crippen molar-refractivity contribution in [2.45, 2.75) is 25.1 Å². The molecule has 1 fully saturated rings. The molecule has 100 valence electrons. The van der Waals surface area contributed by atoms with Gasteiger partial charge in [-0.3, -0.25) is 10.1 Å². The molecule has 1 aromatic carbocycles. The van der Waals surface area contributed by atoms with E-state index in [9.17, 15) is 14.9 Å². The molecule has 0 aromatic heterocycles. The number of hydrogen-bond donors (Lipinski definition) is 2. The van der Waals surface area contributed by atoms with E-state index in [0.29, 0.717) is 17.7 Å². The first-order valence-corrected chi connectivity index (χ1v) is 6.02. The topological polar surface area (TPSA) is 93.5 Å². The average molecular weight is 284 g/mol. The van der Waals surface area contributed by atoms with Gasteiger partial charge >= 0.3 is 6.03 Å². The Balaban J connectivity index is 2.16. The maximum atomic E-state index is 11.5. The summed E-state index contributed by atoms with van der Waals surface area (Å²) in [5, 5.41) is 16.3. The van der Waals surface area contributed by atoms with Crippen molar-refractivity contribution < 1.29 is 14.5 Å². The van der Waals surface area contributed by atoms with Gasteiger partial charge in [0.2, 0.25) is 0 Å². The lowest BCUT2D eigenvalue weighted by molar-refractivity contribution is -0.384. The summed E-state index contributed by atoms with van der Waals surface area (Å²) < 4.78 is 5.70. The molecule has 2 aliphatic rings. The largest absolute Gasteiger partial charge is 0.468 e. The fourth-order valence-corrected chi connectivity index (χ4v) is 2.89. The first kappa shape index (κ1) is 12.0. The Labute approximate surface area is 113 Å². The molecule has 2 unspecified atom stereocenters. The van der Waals surface area contributed by atoms with Crippen LogP contribution in [-0.2, 0) is 0 Å². The second-order valence-electron chi connectivity index (χ2n) is 4.76. The highest BCUT2D eigenvalue weighted by molar-refractivity contribution is 6.33. The summed E-state index contributed by atoms with van der Waals surface area (Å²) in [7, 11) is 0. The van der Waals surface area contributed by atoms with Gasteiger partial charge in [0.15, 0.2) is 5.72 Å². The molecule has 2 N–H and O–H groups in total. The number of fused-ring (bicyclic) bond motifs is 4. The van der Waals surface area contributed by atoms with Gasteiger partial charge in [-0.05, 0) is 13.0 Å². The van der Waals surface area contributed by atoms with E-state index in [1.807, 2.05) is 0 Å². The van der Waals surface area contributed by atoms with E-state index < -0.39 is 16.7 Å². The van der Waals surface area contributed by atoms with Gasteiger partial charge in [-0.15, -0.1) is 0 Å². The summed E-state index contributed by atoms with van der Waals surface area (Å²) in [6, 6.07) is 2.03. The number of nitro groups is 1. The molecule has 7 nitrogen and oxygen atoms in total. The van der Waals surface area contributed by atoms with Crippen LogP contribution < -0.4 is 15.4 Å². The lowest BCUT2D eigenvalue weighted by Crippen LogP contribution is -2.62. The zero-order valence-electron chi connectivity index (χ0n) is 9.90. The van der Waals surface area contributed by atoms with Crippen LogP contribution in [0.25, 0.3) is 0 Å². The predicted octanol–water partition coefficient (Wildman–Crippen LogP) is 2.10. The van der Waals surface area contributed by atoms with E-state index in [0.717, 1.165) is 0 Å². The number of benzene rings is 1. The Morgan fingerprint density at radius 3 is 3.00 bits per heavy atom. The zero-order chi connectivity index (χ0) is 13.8. The summed E-state index contributed by atoms with van der Waals surface area (Å²) in [5.74, 6) is 0.446. The number of amides is 2. The maximum absolute atomic E-state index is 11.5. The number of hydrogen-bond acceptors (Lipinski definition) is 4. The highest BCUT2D eigenvalue weighted by Crippen LogP contribution is 2.46. The molecule has 0 aliphatic carbocycles. The number of nitrogens with zero attached hydrogens (tertiary/aromatic N) is 1. The van der Waals surface area contributed by atoms with E-state index in [1.54, 1.807) is 6.92 Å². The number of nitrogens with one attached hydrogen (secondary N) is 2. The smallest absolute Gasteiger partial charge is 0.318 e. The predicted molar refractivity (Wildman–Crippen MR) is 66.2 cm³/mol. The Morgan fingerprint density at radius 2 is 2.32 bits per heavy atom. The molecule has 8 heteroatoms. The number of rotatable bonds is 1. The van der Waals surface area contributed by atoms with Crippen molar-refractivity contribution in [1.82, 2.24) is 10.6 Å². The standard InChI is InChI=1S/C11H10ClN3O4/c1-11-4-5(13-10(16)14-11)8-7(19-11)3-2-6(9(8)12)15(17)18/h2-3,5H,4H2,1H3,(H2,13,14,16). The third-order valence-corrected chi connectivity index (χ3v) is 3.67. The molecule has 0 radical (unpaired) electrons. The van der Waals surface area contributed by atoms with Gasteiger partial charge in [0.25, 0.3) is 5.69 Å². The van der Waals surface area contributed by atoms with Crippen LogP contribution in [0.4, 0.5) is 10.5 Å². The van der Waals surface area contributed by atoms with E-state index in [1.165, 1.54) is 12.1 Å². The van der Waals surface area contributed by atoms with Crippen molar-refractivity contribution in [3.05, 3.63) is 32.8 Å². The zero-order valence-corrected chi connectivity index (χ0v) is 10.7. The quantitative estimate of drug-likeness (QED) is 0.609. The molecular weight excluding hydrogens is 274 g/mol. The molecule has 0 spiro atoms.